The molecule has 92 valence electrons. The maximum Gasteiger partial charge on any atom is 0.335 e. The van der Waals surface area contributed by atoms with E-state index in [1.54, 1.807) is 0 Å². The monoisotopic (exact) mass is 244 g/mol. The van der Waals surface area contributed by atoms with Gasteiger partial charge in [-0.2, -0.15) is 0 Å². The highest BCUT2D eigenvalue weighted by Crippen LogP contribution is 2.24. The van der Waals surface area contributed by atoms with Crippen LogP contribution in [0.4, 0.5) is 4.39 Å². The Bertz CT molecular complexity index is 574. The van der Waals surface area contributed by atoms with Gasteiger partial charge in [-0.05, 0) is 29.7 Å². The summed E-state index contributed by atoms with van der Waals surface area (Å²) in [7, 11) is 0. The Balaban J connectivity index is 2.41. The lowest BCUT2D eigenvalue weighted by molar-refractivity contribution is 0.0696. The first-order chi connectivity index (χ1) is 8.61. The second kappa shape index (κ2) is 5.00. The molecule has 0 aliphatic rings. The van der Waals surface area contributed by atoms with Crippen molar-refractivity contribution >= 4 is 5.97 Å². The fraction of sp³-hybridized carbons (Fsp3) is 0.133. The molecule has 18 heavy (non-hydrogen) atoms. The van der Waals surface area contributed by atoms with E-state index in [2.05, 4.69) is 6.92 Å². The Morgan fingerprint density at radius 2 is 1.83 bits per heavy atom. The number of carboxylic acid groups (broad SMARTS) is 1. The van der Waals surface area contributed by atoms with Crippen LogP contribution < -0.4 is 0 Å². The van der Waals surface area contributed by atoms with E-state index in [-0.39, 0.29) is 5.56 Å². The van der Waals surface area contributed by atoms with E-state index in [9.17, 15) is 9.18 Å². The van der Waals surface area contributed by atoms with Gasteiger partial charge in [0.2, 0.25) is 0 Å². The SMILES string of the molecule is CCc1ccc(-c2ccc(C(=O)O)cc2F)cc1. The number of carbonyl (C=O) groups is 1. The first-order valence-corrected chi connectivity index (χ1v) is 5.74. The predicted octanol–water partition coefficient (Wildman–Crippen LogP) is 3.75. The van der Waals surface area contributed by atoms with Crippen molar-refractivity contribution in [3.63, 3.8) is 0 Å². The van der Waals surface area contributed by atoms with Crippen molar-refractivity contribution in [1.82, 2.24) is 0 Å². The Labute approximate surface area is 105 Å². The van der Waals surface area contributed by atoms with E-state index in [0.29, 0.717) is 5.56 Å². The van der Waals surface area contributed by atoms with Crippen molar-refractivity contribution in [3.05, 3.63) is 59.4 Å². The summed E-state index contributed by atoms with van der Waals surface area (Å²) in [5, 5.41) is 8.77. The smallest absolute Gasteiger partial charge is 0.335 e. The average molecular weight is 244 g/mol. The molecule has 0 aliphatic carbocycles. The molecular weight excluding hydrogens is 231 g/mol. The van der Waals surface area contributed by atoms with Gasteiger partial charge in [-0.3, -0.25) is 0 Å². The molecule has 0 aromatic heterocycles. The van der Waals surface area contributed by atoms with Gasteiger partial charge in [0.25, 0.3) is 0 Å². The minimum absolute atomic E-state index is 0.0403. The van der Waals surface area contributed by atoms with Crippen LogP contribution in [0.5, 0.6) is 0 Å². The molecule has 0 heterocycles. The van der Waals surface area contributed by atoms with Crippen LogP contribution >= 0.6 is 0 Å². The van der Waals surface area contributed by atoms with Crippen LogP contribution in [-0.4, -0.2) is 11.1 Å². The van der Waals surface area contributed by atoms with Crippen molar-refractivity contribution in [2.24, 2.45) is 0 Å². The molecule has 0 saturated heterocycles. The summed E-state index contributed by atoms with van der Waals surface area (Å²) < 4.78 is 13.8. The second-order valence-electron chi connectivity index (χ2n) is 4.05. The highest BCUT2D eigenvalue weighted by Gasteiger charge is 2.09. The Kier molecular flexibility index (Phi) is 3.42. The fourth-order valence-electron chi connectivity index (χ4n) is 1.80. The normalized spacial score (nSPS) is 10.3. The zero-order valence-electron chi connectivity index (χ0n) is 9.98. The summed E-state index contributed by atoms with van der Waals surface area (Å²) in [6.07, 6.45) is 0.931. The van der Waals surface area contributed by atoms with Gasteiger partial charge in [-0.15, -0.1) is 0 Å². The highest BCUT2D eigenvalue weighted by molar-refractivity contribution is 5.88. The van der Waals surface area contributed by atoms with Crippen molar-refractivity contribution in [2.45, 2.75) is 13.3 Å². The molecule has 2 nitrogen and oxygen atoms in total. The van der Waals surface area contributed by atoms with E-state index in [4.69, 9.17) is 5.11 Å². The van der Waals surface area contributed by atoms with E-state index in [1.807, 2.05) is 24.3 Å². The van der Waals surface area contributed by atoms with Crippen LogP contribution in [0.25, 0.3) is 11.1 Å². The third-order valence-corrected chi connectivity index (χ3v) is 2.89. The molecular formula is C15H13FO2. The zero-order valence-corrected chi connectivity index (χ0v) is 9.98. The molecule has 2 aromatic rings. The van der Waals surface area contributed by atoms with Crippen LogP contribution in [0.2, 0.25) is 0 Å². The predicted molar refractivity (Wildman–Crippen MR) is 68.2 cm³/mol. The third kappa shape index (κ3) is 2.40. The summed E-state index contributed by atoms with van der Waals surface area (Å²) >= 11 is 0. The fourth-order valence-corrected chi connectivity index (χ4v) is 1.80. The number of rotatable bonds is 3. The van der Waals surface area contributed by atoms with Crippen molar-refractivity contribution in [3.8, 4) is 11.1 Å². The molecule has 2 aromatic carbocycles. The highest BCUT2D eigenvalue weighted by atomic mass is 19.1. The standard InChI is InChI=1S/C15H13FO2/c1-2-10-3-5-11(6-4-10)13-8-7-12(15(17)18)9-14(13)16/h3-9H,2H2,1H3,(H,17,18). The lowest BCUT2D eigenvalue weighted by Crippen LogP contribution is -1.97. The number of hydrogen-bond acceptors (Lipinski definition) is 1. The van der Waals surface area contributed by atoms with Crippen LogP contribution in [-0.2, 0) is 6.42 Å². The first kappa shape index (κ1) is 12.3. The molecule has 3 heteroatoms. The van der Waals surface area contributed by atoms with Crippen LogP contribution in [0.1, 0.15) is 22.8 Å². The summed E-state index contributed by atoms with van der Waals surface area (Å²) in [6.45, 7) is 2.05. The first-order valence-electron chi connectivity index (χ1n) is 5.74. The van der Waals surface area contributed by atoms with Crippen molar-refractivity contribution in [1.29, 1.82) is 0 Å². The van der Waals surface area contributed by atoms with E-state index >= 15 is 0 Å². The molecule has 0 unspecified atom stereocenters. The van der Waals surface area contributed by atoms with E-state index in [1.165, 1.54) is 17.7 Å². The summed E-state index contributed by atoms with van der Waals surface area (Å²) in [5.41, 5.74) is 2.31. The third-order valence-electron chi connectivity index (χ3n) is 2.89. The lowest BCUT2D eigenvalue weighted by Gasteiger charge is -2.05. The molecule has 2 rings (SSSR count). The van der Waals surface area contributed by atoms with Gasteiger partial charge >= 0.3 is 5.97 Å². The minimum Gasteiger partial charge on any atom is -0.478 e. The maximum absolute atomic E-state index is 13.8. The van der Waals surface area contributed by atoms with Crippen molar-refractivity contribution < 1.29 is 14.3 Å². The van der Waals surface area contributed by atoms with Gasteiger partial charge in [0.1, 0.15) is 5.82 Å². The van der Waals surface area contributed by atoms with Crippen LogP contribution in [0.15, 0.2) is 42.5 Å². The molecule has 0 aliphatic heterocycles. The molecule has 0 atom stereocenters. The molecule has 0 radical (unpaired) electrons. The van der Waals surface area contributed by atoms with E-state index < -0.39 is 11.8 Å². The van der Waals surface area contributed by atoms with Crippen LogP contribution in [0, 0.1) is 5.82 Å². The molecule has 0 bridgehead atoms. The van der Waals surface area contributed by atoms with Crippen LogP contribution in [0.3, 0.4) is 0 Å². The van der Waals surface area contributed by atoms with Crippen molar-refractivity contribution in [2.75, 3.05) is 0 Å². The van der Waals surface area contributed by atoms with Gasteiger partial charge in [0.15, 0.2) is 0 Å². The average Bonchev–Trinajstić information content (AvgIpc) is 2.38. The number of hydrogen-bond donors (Lipinski definition) is 1. The quantitative estimate of drug-likeness (QED) is 0.892. The number of halogens is 1. The maximum atomic E-state index is 13.8. The van der Waals surface area contributed by atoms with Gasteiger partial charge in [-0.1, -0.05) is 37.3 Å². The van der Waals surface area contributed by atoms with Gasteiger partial charge < -0.3 is 5.11 Å². The van der Waals surface area contributed by atoms with E-state index in [0.717, 1.165) is 18.1 Å². The van der Waals surface area contributed by atoms with Gasteiger partial charge in [-0.25, -0.2) is 9.18 Å². The molecule has 0 fully saturated rings. The minimum atomic E-state index is -1.12. The lowest BCUT2D eigenvalue weighted by atomic mass is 10.0. The zero-order chi connectivity index (χ0) is 13.1. The Hall–Kier alpha value is -2.16. The summed E-state index contributed by atoms with van der Waals surface area (Å²) in [6, 6.07) is 11.5. The summed E-state index contributed by atoms with van der Waals surface area (Å²) in [5.74, 6) is -1.64. The molecule has 1 N–H and O–H groups in total. The second-order valence-corrected chi connectivity index (χ2v) is 4.05. The topological polar surface area (TPSA) is 37.3 Å². The number of carboxylic acids is 1. The Morgan fingerprint density at radius 3 is 2.33 bits per heavy atom. The Morgan fingerprint density at radius 1 is 1.17 bits per heavy atom. The number of aromatic carboxylic acids is 1. The number of benzene rings is 2. The summed E-state index contributed by atoms with van der Waals surface area (Å²) in [4.78, 5) is 10.7. The largest absolute Gasteiger partial charge is 0.478 e. The van der Waals surface area contributed by atoms with Gasteiger partial charge in [0.05, 0.1) is 5.56 Å². The van der Waals surface area contributed by atoms with Gasteiger partial charge in [0, 0.05) is 5.56 Å². The molecule has 0 spiro atoms. The number of aryl methyl sites for hydroxylation is 1. The molecule has 0 saturated carbocycles. The molecule has 0 amide bonds.